The number of rotatable bonds is 5. The van der Waals surface area contributed by atoms with Gasteiger partial charge in [0.2, 0.25) is 0 Å². The lowest BCUT2D eigenvalue weighted by atomic mass is 10.3. The Bertz CT molecular complexity index is 586. The Labute approximate surface area is 129 Å². The van der Waals surface area contributed by atoms with Crippen molar-refractivity contribution in [3.63, 3.8) is 0 Å². The van der Waals surface area contributed by atoms with Gasteiger partial charge < -0.3 is 4.57 Å². The van der Waals surface area contributed by atoms with E-state index in [2.05, 4.69) is 27.2 Å². The molecule has 0 spiro atoms. The molecule has 0 aliphatic carbocycles. The van der Waals surface area contributed by atoms with Gasteiger partial charge in [-0.25, -0.2) is 9.37 Å². The van der Waals surface area contributed by atoms with Gasteiger partial charge in [-0.15, -0.1) is 11.6 Å². The summed E-state index contributed by atoms with van der Waals surface area (Å²) < 4.78 is 16.2. The molecule has 0 amide bonds. The Morgan fingerprint density at radius 3 is 2.89 bits per heavy atom. The van der Waals surface area contributed by atoms with Crippen LogP contribution in [0.25, 0.3) is 11.0 Å². The first-order valence-corrected chi connectivity index (χ1v) is 8.65. The normalized spacial score (nSPS) is 13.1. The summed E-state index contributed by atoms with van der Waals surface area (Å²) in [6.07, 6.45) is 3.09. The SMILES string of the molecule is CSCCCn1c(C(C)Cl)nc2cc(Br)c(F)cc21. The van der Waals surface area contributed by atoms with Crippen LogP contribution in [0.15, 0.2) is 16.6 Å². The third-order valence-corrected chi connectivity index (χ3v) is 4.41. The van der Waals surface area contributed by atoms with Crippen LogP contribution in [0.5, 0.6) is 0 Å². The van der Waals surface area contributed by atoms with Crippen molar-refractivity contribution in [2.24, 2.45) is 0 Å². The summed E-state index contributed by atoms with van der Waals surface area (Å²) >= 11 is 11.2. The Balaban J connectivity index is 2.49. The summed E-state index contributed by atoms with van der Waals surface area (Å²) in [6, 6.07) is 3.23. The molecular weight excluding hydrogens is 351 g/mol. The molecule has 0 aliphatic rings. The predicted molar refractivity (Wildman–Crippen MR) is 84.7 cm³/mol. The maximum absolute atomic E-state index is 13.7. The number of halogens is 3. The summed E-state index contributed by atoms with van der Waals surface area (Å²) in [5.74, 6) is 1.59. The fourth-order valence-electron chi connectivity index (χ4n) is 2.04. The van der Waals surface area contributed by atoms with Crippen molar-refractivity contribution in [2.45, 2.75) is 25.3 Å². The van der Waals surface area contributed by atoms with E-state index in [1.807, 2.05) is 11.5 Å². The van der Waals surface area contributed by atoms with Gasteiger partial charge in [0.15, 0.2) is 0 Å². The van der Waals surface area contributed by atoms with Crippen LogP contribution in [-0.2, 0) is 6.54 Å². The van der Waals surface area contributed by atoms with Crippen LogP contribution in [0.1, 0.15) is 24.5 Å². The molecule has 0 aliphatic heterocycles. The van der Waals surface area contributed by atoms with Crippen LogP contribution in [0.2, 0.25) is 0 Å². The van der Waals surface area contributed by atoms with Crippen molar-refractivity contribution < 1.29 is 4.39 Å². The van der Waals surface area contributed by atoms with E-state index >= 15 is 0 Å². The molecule has 2 aromatic rings. The molecule has 0 bridgehead atoms. The van der Waals surface area contributed by atoms with Crippen LogP contribution in [-0.4, -0.2) is 21.6 Å². The van der Waals surface area contributed by atoms with Gasteiger partial charge in [-0.05, 0) is 47.3 Å². The van der Waals surface area contributed by atoms with E-state index in [0.717, 1.165) is 35.6 Å². The second kappa shape index (κ2) is 6.46. The first kappa shape index (κ1) is 15.1. The lowest BCUT2D eigenvalue weighted by Crippen LogP contribution is -2.05. The van der Waals surface area contributed by atoms with Crippen LogP contribution >= 0.6 is 39.3 Å². The quantitative estimate of drug-likeness (QED) is 0.548. The minimum Gasteiger partial charge on any atom is -0.327 e. The lowest BCUT2D eigenvalue weighted by Gasteiger charge is -2.10. The molecule has 1 atom stereocenters. The zero-order chi connectivity index (χ0) is 14.0. The van der Waals surface area contributed by atoms with Gasteiger partial charge in [0.05, 0.1) is 20.9 Å². The maximum atomic E-state index is 13.7. The zero-order valence-electron chi connectivity index (χ0n) is 10.8. The summed E-state index contributed by atoms with van der Waals surface area (Å²) in [7, 11) is 0. The third kappa shape index (κ3) is 3.26. The zero-order valence-corrected chi connectivity index (χ0v) is 13.9. The van der Waals surface area contributed by atoms with E-state index in [-0.39, 0.29) is 11.2 Å². The number of nitrogens with zero attached hydrogens (tertiary/aromatic N) is 2. The number of alkyl halides is 1. The van der Waals surface area contributed by atoms with Gasteiger partial charge in [-0.1, -0.05) is 0 Å². The van der Waals surface area contributed by atoms with Crippen molar-refractivity contribution in [3.05, 3.63) is 28.2 Å². The van der Waals surface area contributed by atoms with Crippen molar-refractivity contribution in [3.8, 4) is 0 Å². The minimum absolute atomic E-state index is 0.191. The fourth-order valence-corrected chi connectivity index (χ4v) is 2.96. The number of hydrogen-bond donors (Lipinski definition) is 0. The average Bonchev–Trinajstić information content (AvgIpc) is 2.69. The fraction of sp³-hybridized carbons (Fsp3) is 0.462. The number of hydrogen-bond acceptors (Lipinski definition) is 2. The van der Waals surface area contributed by atoms with Crippen molar-refractivity contribution in [1.29, 1.82) is 0 Å². The van der Waals surface area contributed by atoms with Crippen LogP contribution in [0.3, 0.4) is 0 Å². The van der Waals surface area contributed by atoms with E-state index in [9.17, 15) is 4.39 Å². The number of aromatic nitrogens is 2. The van der Waals surface area contributed by atoms with Crippen molar-refractivity contribution in [2.75, 3.05) is 12.0 Å². The molecular formula is C13H15BrClFN2S. The van der Waals surface area contributed by atoms with Gasteiger partial charge in [-0.2, -0.15) is 11.8 Å². The van der Waals surface area contributed by atoms with Gasteiger partial charge >= 0.3 is 0 Å². The van der Waals surface area contributed by atoms with E-state index < -0.39 is 0 Å². The molecule has 2 nitrogen and oxygen atoms in total. The Hall–Kier alpha value is -0.260. The number of aryl methyl sites for hydroxylation is 1. The number of thioether (sulfide) groups is 1. The molecule has 1 heterocycles. The first-order valence-electron chi connectivity index (χ1n) is 6.02. The van der Waals surface area contributed by atoms with Gasteiger partial charge in [-0.3, -0.25) is 0 Å². The molecule has 0 fully saturated rings. The van der Waals surface area contributed by atoms with E-state index in [0.29, 0.717) is 4.47 Å². The van der Waals surface area contributed by atoms with Gasteiger partial charge in [0, 0.05) is 12.6 Å². The molecule has 104 valence electrons. The van der Waals surface area contributed by atoms with Crippen LogP contribution < -0.4 is 0 Å². The Morgan fingerprint density at radius 1 is 1.53 bits per heavy atom. The molecule has 19 heavy (non-hydrogen) atoms. The van der Waals surface area contributed by atoms with Crippen molar-refractivity contribution in [1.82, 2.24) is 9.55 Å². The van der Waals surface area contributed by atoms with Gasteiger partial charge in [0.1, 0.15) is 11.6 Å². The number of benzene rings is 1. The molecule has 2 rings (SSSR count). The minimum atomic E-state index is -0.271. The topological polar surface area (TPSA) is 17.8 Å². The third-order valence-electron chi connectivity index (χ3n) is 2.91. The largest absolute Gasteiger partial charge is 0.327 e. The number of imidazole rings is 1. The average molecular weight is 366 g/mol. The van der Waals surface area contributed by atoms with E-state index in [4.69, 9.17) is 11.6 Å². The smallest absolute Gasteiger partial charge is 0.139 e. The highest BCUT2D eigenvalue weighted by atomic mass is 79.9. The van der Waals surface area contributed by atoms with Gasteiger partial charge in [0.25, 0.3) is 0 Å². The molecule has 1 unspecified atom stereocenters. The van der Waals surface area contributed by atoms with Crippen LogP contribution in [0.4, 0.5) is 4.39 Å². The molecule has 1 aromatic carbocycles. The summed E-state index contributed by atoms with van der Waals surface area (Å²) in [5, 5.41) is -0.191. The Morgan fingerprint density at radius 2 is 2.26 bits per heavy atom. The monoisotopic (exact) mass is 364 g/mol. The highest BCUT2D eigenvalue weighted by Crippen LogP contribution is 2.28. The summed E-state index contributed by atoms with van der Waals surface area (Å²) in [4.78, 5) is 4.52. The predicted octanol–water partition coefficient (Wildman–Crippen LogP) is 4.99. The highest BCUT2D eigenvalue weighted by molar-refractivity contribution is 9.10. The number of fused-ring (bicyclic) bond motifs is 1. The highest BCUT2D eigenvalue weighted by Gasteiger charge is 2.16. The van der Waals surface area contributed by atoms with Crippen LogP contribution in [0, 0.1) is 5.82 Å². The summed E-state index contributed by atoms with van der Waals surface area (Å²) in [5.41, 5.74) is 1.59. The van der Waals surface area contributed by atoms with E-state index in [1.54, 1.807) is 17.8 Å². The van der Waals surface area contributed by atoms with E-state index in [1.165, 1.54) is 6.07 Å². The van der Waals surface area contributed by atoms with Crippen molar-refractivity contribution >= 4 is 50.3 Å². The second-order valence-corrected chi connectivity index (χ2v) is 6.83. The maximum Gasteiger partial charge on any atom is 0.139 e. The first-order chi connectivity index (χ1) is 9.04. The summed E-state index contributed by atoms with van der Waals surface area (Å²) in [6.45, 7) is 2.70. The molecule has 0 saturated heterocycles. The standard InChI is InChI=1S/C13H15BrClFN2S/c1-8(15)13-17-11-6-9(14)10(16)7-12(11)18(13)4-3-5-19-2/h6-8H,3-5H2,1-2H3. The molecule has 1 aromatic heterocycles. The Kier molecular flexibility index (Phi) is 5.15. The molecule has 6 heteroatoms. The second-order valence-electron chi connectivity index (χ2n) is 4.34. The lowest BCUT2D eigenvalue weighted by molar-refractivity contribution is 0.618. The molecule has 0 N–H and O–H groups in total. The molecule has 0 radical (unpaired) electrons. The molecule has 0 saturated carbocycles.